The summed E-state index contributed by atoms with van der Waals surface area (Å²) >= 11 is 0. The second kappa shape index (κ2) is 15.4. The fraction of sp³-hybridized carbons (Fsp3) is 0.629. The van der Waals surface area contributed by atoms with Gasteiger partial charge in [0.1, 0.15) is 12.1 Å². The van der Waals surface area contributed by atoms with Gasteiger partial charge in [-0.1, -0.05) is 84.2 Å². The number of nitrogens with two attached hydrogens (primary N) is 1. The number of terminal acetylenes is 1. The highest BCUT2D eigenvalue weighted by molar-refractivity contribution is 6.37. The van der Waals surface area contributed by atoms with Crippen LogP contribution in [-0.2, 0) is 25.6 Å². The minimum absolute atomic E-state index is 0.0445. The van der Waals surface area contributed by atoms with Gasteiger partial charge in [-0.3, -0.25) is 19.2 Å². The van der Waals surface area contributed by atoms with Gasteiger partial charge in [0, 0.05) is 18.5 Å². The highest BCUT2D eigenvalue weighted by Crippen LogP contribution is 2.34. The van der Waals surface area contributed by atoms with Gasteiger partial charge in [-0.2, -0.15) is 0 Å². The number of primary amides is 1. The summed E-state index contributed by atoms with van der Waals surface area (Å²) in [7, 11) is 0. The SMILES string of the molecule is C#CCCC(NC(=O)[C@@H]1[C@@H](C(C)C)CCN1C(=O)[C@@H](NC(=O)NC1(Cc2ccccc2)CCCCC1)C(C)(C)C)C(=O)C(N)=O. The number of urea groups is 1. The van der Waals surface area contributed by atoms with Gasteiger partial charge in [0.25, 0.3) is 5.91 Å². The van der Waals surface area contributed by atoms with Crippen molar-refractivity contribution < 1.29 is 24.0 Å². The highest BCUT2D eigenvalue weighted by Gasteiger charge is 2.48. The average molecular weight is 622 g/mol. The van der Waals surface area contributed by atoms with E-state index in [0.29, 0.717) is 19.4 Å². The molecule has 10 nitrogen and oxygen atoms in total. The number of nitrogens with one attached hydrogen (secondary N) is 3. The third kappa shape index (κ3) is 9.32. The largest absolute Gasteiger partial charge is 0.363 e. The van der Waals surface area contributed by atoms with Gasteiger partial charge in [0.05, 0.1) is 6.04 Å². The van der Waals surface area contributed by atoms with Gasteiger partial charge >= 0.3 is 6.03 Å². The molecule has 1 aliphatic carbocycles. The Bertz CT molecular complexity index is 1260. The molecule has 5 N–H and O–H groups in total. The minimum atomic E-state index is -1.19. The molecule has 2 aliphatic rings. The van der Waals surface area contributed by atoms with Crippen LogP contribution in [0.25, 0.3) is 0 Å². The predicted molar refractivity (Wildman–Crippen MR) is 174 cm³/mol. The Kier molecular flexibility index (Phi) is 12.2. The summed E-state index contributed by atoms with van der Waals surface area (Å²) in [6.45, 7) is 9.90. The number of carbonyl (C=O) groups excluding carboxylic acids is 5. The number of ketones is 1. The summed E-state index contributed by atoms with van der Waals surface area (Å²) < 4.78 is 0. The predicted octanol–water partition coefficient (Wildman–Crippen LogP) is 3.47. The van der Waals surface area contributed by atoms with Crippen molar-refractivity contribution in [2.24, 2.45) is 23.0 Å². The number of benzene rings is 1. The molecule has 10 heteroatoms. The molecule has 0 spiro atoms. The van der Waals surface area contributed by atoms with E-state index in [-0.39, 0.29) is 30.6 Å². The molecular formula is C35H51N5O5. The Morgan fingerprint density at radius 2 is 1.69 bits per heavy atom. The Labute approximate surface area is 268 Å². The lowest BCUT2D eigenvalue weighted by molar-refractivity contribution is -0.144. The lowest BCUT2D eigenvalue weighted by Gasteiger charge is -2.40. The molecule has 45 heavy (non-hydrogen) atoms. The molecule has 0 radical (unpaired) electrons. The molecule has 4 atom stereocenters. The van der Waals surface area contributed by atoms with E-state index in [4.69, 9.17) is 12.2 Å². The van der Waals surface area contributed by atoms with E-state index in [9.17, 15) is 24.0 Å². The van der Waals surface area contributed by atoms with Crippen LogP contribution in [0.5, 0.6) is 0 Å². The molecule has 1 aliphatic heterocycles. The van der Waals surface area contributed by atoms with Crippen LogP contribution >= 0.6 is 0 Å². The molecule has 246 valence electrons. The van der Waals surface area contributed by atoms with Gasteiger partial charge < -0.3 is 26.6 Å². The molecule has 3 rings (SSSR count). The van der Waals surface area contributed by atoms with Crippen LogP contribution in [-0.4, -0.2) is 64.6 Å². The average Bonchev–Trinajstić information content (AvgIpc) is 3.43. The molecule has 1 unspecified atom stereocenters. The summed E-state index contributed by atoms with van der Waals surface area (Å²) in [5.74, 6) is -0.752. The molecule has 1 aromatic carbocycles. The van der Waals surface area contributed by atoms with E-state index >= 15 is 0 Å². The number of hydrogen-bond donors (Lipinski definition) is 4. The Balaban J connectivity index is 1.84. The number of hydrogen-bond acceptors (Lipinski definition) is 5. The lowest BCUT2D eigenvalue weighted by atomic mass is 9.77. The van der Waals surface area contributed by atoms with E-state index in [2.05, 4.69) is 34.0 Å². The Morgan fingerprint density at radius 3 is 2.24 bits per heavy atom. The number of carbonyl (C=O) groups is 5. The van der Waals surface area contributed by atoms with Crippen molar-refractivity contribution in [3.05, 3.63) is 35.9 Å². The van der Waals surface area contributed by atoms with Crippen LogP contribution in [0.3, 0.4) is 0 Å². The standard InChI is InChI=1S/C35H51N5O5/c1-7-8-17-26(28(41)30(36)42)37-31(43)27-25(23(2)3)18-21-40(27)32(44)29(34(4,5)6)38-33(45)39-35(19-13-10-14-20-35)22-24-15-11-9-12-16-24/h1,9,11-12,15-16,23,25-27,29H,8,10,13-14,17-22H2,2-6H3,(H2,36,42)(H,37,43)(H2,38,39,45)/t25-,26?,27+,29-/m1/s1. The van der Waals surface area contributed by atoms with Crippen LogP contribution in [0, 0.1) is 29.6 Å². The van der Waals surface area contributed by atoms with Crippen molar-refractivity contribution in [2.45, 2.75) is 116 Å². The molecule has 1 aromatic rings. The first kappa shape index (κ1) is 35.6. The van der Waals surface area contributed by atoms with Crippen LogP contribution in [0.15, 0.2) is 30.3 Å². The quantitative estimate of drug-likeness (QED) is 0.208. The van der Waals surface area contributed by atoms with Gasteiger partial charge in [-0.05, 0) is 54.9 Å². The maximum atomic E-state index is 14.3. The zero-order chi connectivity index (χ0) is 33.4. The van der Waals surface area contributed by atoms with Crippen molar-refractivity contribution in [1.29, 1.82) is 0 Å². The third-order valence-electron chi connectivity index (χ3n) is 9.27. The normalized spacial score (nSPS) is 20.9. The topological polar surface area (TPSA) is 151 Å². The number of likely N-dealkylation sites (tertiary alicyclic amines) is 1. The van der Waals surface area contributed by atoms with E-state index in [0.717, 1.165) is 37.7 Å². The van der Waals surface area contributed by atoms with E-state index in [1.54, 1.807) is 0 Å². The summed E-state index contributed by atoms with van der Waals surface area (Å²) in [4.78, 5) is 67.5. The first-order valence-electron chi connectivity index (χ1n) is 16.2. The van der Waals surface area contributed by atoms with Crippen LogP contribution < -0.4 is 21.7 Å². The Morgan fingerprint density at radius 1 is 1.04 bits per heavy atom. The molecule has 1 heterocycles. The summed E-state index contributed by atoms with van der Waals surface area (Å²) in [5.41, 5.74) is 5.28. The van der Waals surface area contributed by atoms with Crippen molar-refractivity contribution in [2.75, 3.05) is 6.54 Å². The molecule has 1 saturated heterocycles. The number of amides is 5. The number of rotatable bonds is 12. The van der Waals surface area contributed by atoms with Crippen molar-refractivity contribution in [3.63, 3.8) is 0 Å². The second-order valence-electron chi connectivity index (χ2n) is 14.1. The second-order valence-corrected chi connectivity index (χ2v) is 14.1. The van der Waals surface area contributed by atoms with Crippen molar-refractivity contribution >= 4 is 29.5 Å². The molecule has 0 bridgehead atoms. The molecule has 2 fully saturated rings. The first-order valence-corrected chi connectivity index (χ1v) is 16.2. The Hall–Kier alpha value is -3.87. The summed E-state index contributed by atoms with van der Waals surface area (Å²) in [5, 5.41) is 8.91. The zero-order valence-corrected chi connectivity index (χ0v) is 27.5. The maximum Gasteiger partial charge on any atom is 0.315 e. The van der Waals surface area contributed by atoms with Crippen LogP contribution in [0.2, 0.25) is 0 Å². The monoisotopic (exact) mass is 621 g/mol. The van der Waals surface area contributed by atoms with Crippen molar-refractivity contribution in [1.82, 2.24) is 20.9 Å². The smallest absolute Gasteiger partial charge is 0.315 e. The van der Waals surface area contributed by atoms with E-state index in [1.807, 2.05) is 52.8 Å². The molecule has 5 amide bonds. The maximum absolute atomic E-state index is 14.3. The zero-order valence-electron chi connectivity index (χ0n) is 27.5. The number of nitrogens with zero attached hydrogens (tertiary/aromatic N) is 1. The van der Waals surface area contributed by atoms with Crippen LogP contribution in [0.4, 0.5) is 4.79 Å². The van der Waals surface area contributed by atoms with Gasteiger partial charge in [0.15, 0.2) is 0 Å². The molecule has 0 aromatic heterocycles. The van der Waals surface area contributed by atoms with Gasteiger partial charge in [-0.25, -0.2) is 4.79 Å². The van der Waals surface area contributed by atoms with E-state index < -0.39 is 52.7 Å². The molecule has 1 saturated carbocycles. The van der Waals surface area contributed by atoms with Gasteiger partial charge in [-0.15, -0.1) is 12.3 Å². The van der Waals surface area contributed by atoms with Crippen molar-refractivity contribution in [3.8, 4) is 12.3 Å². The van der Waals surface area contributed by atoms with Gasteiger partial charge in [0.2, 0.25) is 17.6 Å². The highest BCUT2D eigenvalue weighted by atomic mass is 16.2. The van der Waals surface area contributed by atoms with E-state index in [1.165, 1.54) is 4.90 Å². The minimum Gasteiger partial charge on any atom is -0.363 e. The first-order chi connectivity index (χ1) is 21.2. The van der Waals surface area contributed by atoms with Crippen LogP contribution in [0.1, 0.15) is 91.5 Å². The summed E-state index contributed by atoms with van der Waals surface area (Å²) in [6.07, 6.45) is 11.7. The summed E-state index contributed by atoms with van der Waals surface area (Å²) in [6, 6.07) is 6.66. The third-order valence-corrected chi connectivity index (χ3v) is 9.27. The number of Topliss-reactive ketones (excluding diaryl/α,β-unsaturated/α-hetero) is 1. The lowest BCUT2D eigenvalue weighted by Crippen LogP contribution is -2.63. The fourth-order valence-electron chi connectivity index (χ4n) is 6.81. The fourth-order valence-corrected chi connectivity index (χ4v) is 6.81. The molecular weight excluding hydrogens is 570 g/mol.